The second kappa shape index (κ2) is 6.93. The second-order valence-corrected chi connectivity index (χ2v) is 9.93. The zero-order valence-electron chi connectivity index (χ0n) is 14.2. The summed E-state index contributed by atoms with van der Waals surface area (Å²) in [5.74, 6) is -2.48. The van der Waals surface area contributed by atoms with Crippen molar-refractivity contribution in [3.05, 3.63) is 54.1 Å². The maximum Gasteiger partial charge on any atom is 0.261 e. The van der Waals surface area contributed by atoms with Gasteiger partial charge in [0.05, 0.1) is 15.5 Å². The first-order valence-corrected chi connectivity index (χ1v) is 10.4. The van der Waals surface area contributed by atoms with E-state index in [2.05, 4.69) is 9.44 Å². The Morgan fingerprint density at radius 1 is 0.808 bits per heavy atom. The molecule has 0 fully saturated rings. The zero-order chi connectivity index (χ0) is 19.8. The number of anilines is 1. The molecule has 142 valence electrons. The lowest BCUT2D eigenvalue weighted by Gasteiger charge is -2.20. The monoisotopic (exact) mass is 404 g/mol. The molecule has 0 unspecified atom stereocenters. The minimum Gasteiger partial charge on any atom is -0.280 e. The van der Waals surface area contributed by atoms with E-state index in [1.807, 2.05) is 0 Å². The highest BCUT2D eigenvalue weighted by atomic mass is 32.2. The molecule has 0 atom stereocenters. The van der Waals surface area contributed by atoms with Gasteiger partial charge in [-0.2, -0.15) is 0 Å². The summed E-state index contributed by atoms with van der Waals surface area (Å²) in [6.45, 7) is 5.00. The van der Waals surface area contributed by atoms with Crippen LogP contribution in [0.1, 0.15) is 20.8 Å². The van der Waals surface area contributed by atoms with Crippen LogP contribution in [0.4, 0.5) is 14.5 Å². The molecule has 0 aliphatic heterocycles. The summed E-state index contributed by atoms with van der Waals surface area (Å²) in [5, 5.41) is 0. The smallest absolute Gasteiger partial charge is 0.261 e. The first-order valence-electron chi connectivity index (χ1n) is 7.42. The van der Waals surface area contributed by atoms with E-state index < -0.39 is 42.1 Å². The SMILES string of the molecule is CC(C)(C)NS(=O)(=O)c1cccc(NS(=O)(=O)c2ccc(F)c(F)c2)c1. The fourth-order valence-corrected chi connectivity index (χ4v) is 4.57. The van der Waals surface area contributed by atoms with Crippen molar-refractivity contribution in [2.75, 3.05) is 4.72 Å². The predicted molar refractivity (Wildman–Crippen MR) is 93.7 cm³/mol. The van der Waals surface area contributed by atoms with Crippen molar-refractivity contribution < 1.29 is 25.6 Å². The quantitative estimate of drug-likeness (QED) is 0.802. The van der Waals surface area contributed by atoms with Crippen molar-refractivity contribution in [1.82, 2.24) is 4.72 Å². The van der Waals surface area contributed by atoms with Gasteiger partial charge in [0.25, 0.3) is 10.0 Å². The Bertz CT molecular complexity index is 1030. The molecule has 0 spiro atoms. The van der Waals surface area contributed by atoms with Crippen LogP contribution in [0.15, 0.2) is 52.3 Å². The Kier molecular flexibility index (Phi) is 5.41. The van der Waals surface area contributed by atoms with Crippen LogP contribution in [-0.2, 0) is 20.0 Å². The van der Waals surface area contributed by atoms with Gasteiger partial charge in [-0.25, -0.2) is 30.3 Å². The van der Waals surface area contributed by atoms with Gasteiger partial charge in [-0.05, 0) is 57.2 Å². The maximum atomic E-state index is 13.3. The molecule has 0 aliphatic rings. The molecule has 0 saturated carbocycles. The van der Waals surface area contributed by atoms with E-state index in [4.69, 9.17) is 0 Å². The van der Waals surface area contributed by atoms with E-state index in [1.54, 1.807) is 20.8 Å². The van der Waals surface area contributed by atoms with E-state index in [0.29, 0.717) is 12.1 Å². The van der Waals surface area contributed by atoms with Crippen LogP contribution in [0.5, 0.6) is 0 Å². The number of sulfonamides is 2. The van der Waals surface area contributed by atoms with Gasteiger partial charge >= 0.3 is 0 Å². The molecule has 2 aromatic carbocycles. The molecule has 26 heavy (non-hydrogen) atoms. The van der Waals surface area contributed by atoms with Crippen molar-refractivity contribution in [2.24, 2.45) is 0 Å². The van der Waals surface area contributed by atoms with Crippen LogP contribution in [0, 0.1) is 11.6 Å². The zero-order valence-corrected chi connectivity index (χ0v) is 15.9. The summed E-state index contributed by atoms with van der Waals surface area (Å²) in [6.07, 6.45) is 0. The average Bonchev–Trinajstić information content (AvgIpc) is 2.47. The second-order valence-electron chi connectivity index (χ2n) is 6.56. The van der Waals surface area contributed by atoms with Gasteiger partial charge < -0.3 is 0 Å². The number of nitrogens with one attached hydrogen (secondary N) is 2. The molecule has 10 heteroatoms. The molecule has 0 amide bonds. The fraction of sp³-hybridized carbons (Fsp3) is 0.250. The third-order valence-corrected chi connectivity index (χ3v) is 6.17. The fourth-order valence-electron chi connectivity index (χ4n) is 2.05. The largest absolute Gasteiger partial charge is 0.280 e. The Labute approximate surface area is 151 Å². The molecule has 0 radical (unpaired) electrons. The lowest BCUT2D eigenvalue weighted by Crippen LogP contribution is -2.40. The van der Waals surface area contributed by atoms with Crippen molar-refractivity contribution in [1.29, 1.82) is 0 Å². The van der Waals surface area contributed by atoms with Gasteiger partial charge in [0.1, 0.15) is 0 Å². The van der Waals surface area contributed by atoms with E-state index in [-0.39, 0.29) is 10.6 Å². The van der Waals surface area contributed by atoms with Crippen molar-refractivity contribution in [3.8, 4) is 0 Å². The molecule has 0 heterocycles. The molecular formula is C16H18F2N2O4S2. The van der Waals surface area contributed by atoms with E-state index in [0.717, 1.165) is 12.1 Å². The third-order valence-electron chi connectivity index (χ3n) is 3.04. The Morgan fingerprint density at radius 2 is 1.42 bits per heavy atom. The van der Waals surface area contributed by atoms with E-state index in [1.165, 1.54) is 18.2 Å². The molecular weight excluding hydrogens is 386 g/mol. The summed E-state index contributed by atoms with van der Waals surface area (Å²) in [4.78, 5) is -0.629. The summed E-state index contributed by atoms with van der Waals surface area (Å²) >= 11 is 0. The molecule has 0 aromatic heterocycles. The van der Waals surface area contributed by atoms with Gasteiger partial charge in [0.15, 0.2) is 11.6 Å². The number of halogens is 2. The molecule has 2 aromatic rings. The highest BCUT2D eigenvalue weighted by Gasteiger charge is 2.23. The molecule has 0 saturated heterocycles. The number of rotatable bonds is 5. The molecule has 0 aliphatic carbocycles. The van der Waals surface area contributed by atoms with Crippen molar-refractivity contribution in [3.63, 3.8) is 0 Å². The van der Waals surface area contributed by atoms with Gasteiger partial charge in [-0.3, -0.25) is 4.72 Å². The van der Waals surface area contributed by atoms with Gasteiger partial charge in [0.2, 0.25) is 10.0 Å². The van der Waals surface area contributed by atoms with Gasteiger partial charge in [0, 0.05) is 5.54 Å². The van der Waals surface area contributed by atoms with Crippen LogP contribution >= 0.6 is 0 Å². The highest BCUT2D eigenvalue weighted by molar-refractivity contribution is 7.92. The lowest BCUT2D eigenvalue weighted by molar-refractivity contribution is 0.491. The summed E-state index contributed by atoms with van der Waals surface area (Å²) in [6, 6.07) is 7.28. The van der Waals surface area contributed by atoms with Crippen molar-refractivity contribution in [2.45, 2.75) is 36.1 Å². The topological polar surface area (TPSA) is 92.3 Å². The van der Waals surface area contributed by atoms with Crippen LogP contribution < -0.4 is 9.44 Å². The highest BCUT2D eigenvalue weighted by Crippen LogP contribution is 2.21. The average molecular weight is 404 g/mol. The summed E-state index contributed by atoms with van der Waals surface area (Å²) < 4.78 is 80.1. The van der Waals surface area contributed by atoms with Gasteiger partial charge in [-0.1, -0.05) is 6.07 Å². The lowest BCUT2D eigenvalue weighted by atomic mass is 10.1. The van der Waals surface area contributed by atoms with Crippen LogP contribution in [0.3, 0.4) is 0 Å². The Morgan fingerprint density at radius 3 is 2.00 bits per heavy atom. The molecule has 6 nitrogen and oxygen atoms in total. The maximum absolute atomic E-state index is 13.3. The minimum atomic E-state index is -4.22. The first kappa shape index (κ1) is 20.3. The first-order chi connectivity index (χ1) is 11.8. The summed E-state index contributed by atoms with van der Waals surface area (Å²) in [5.41, 5.74) is -0.758. The molecule has 0 bridgehead atoms. The molecule has 2 N–H and O–H groups in total. The number of hydrogen-bond donors (Lipinski definition) is 2. The van der Waals surface area contributed by atoms with Crippen molar-refractivity contribution >= 4 is 25.7 Å². The normalized spacial score (nSPS) is 12.8. The van der Waals surface area contributed by atoms with Crippen LogP contribution in [-0.4, -0.2) is 22.4 Å². The predicted octanol–water partition coefficient (Wildman–Crippen LogP) is 2.84. The Hall–Kier alpha value is -2.04. The standard InChI is InChI=1S/C16H18F2N2O4S2/c1-16(2,3)20-26(23,24)12-6-4-5-11(9-12)19-25(21,22)13-7-8-14(17)15(18)10-13/h4-10,19-20H,1-3H3. The van der Waals surface area contributed by atoms with Gasteiger partial charge in [-0.15, -0.1) is 0 Å². The number of benzene rings is 2. The number of hydrogen-bond acceptors (Lipinski definition) is 4. The molecule has 2 rings (SSSR count). The van der Waals surface area contributed by atoms with E-state index in [9.17, 15) is 25.6 Å². The third kappa shape index (κ3) is 4.99. The summed E-state index contributed by atoms with van der Waals surface area (Å²) in [7, 11) is -8.09. The minimum absolute atomic E-state index is 0.0356. The van der Waals surface area contributed by atoms with E-state index >= 15 is 0 Å². The Balaban J connectivity index is 2.35. The van der Waals surface area contributed by atoms with Crippen LogP contribution in [0.2, 0.25) is 0 Å². The van der Waals surface area contributed by atoms with Crippen LogP contribution in [0.25, 0.3) is 0 Å².